The van der Waals surface area contributed by atoms with Crippen molar-refractivity contribution >= 4 is 11.8 Å². The van der Waals surface area contributed by atoms with Crippen LogP contribution in [-0.4, -0.2) is 59.3 Å². The SMILES string of the molecule is FC(F)(F)C1CCC(N2CCCCC(Nc3nccc(N4CCCCCC4)n3)C2)CC1. The minimum absolute atomic E-state index is 0.238. The Kier molecular flexibility index (Phi) is 7.56. The van der Waals surface area contributed by atoms with Crippen molar-refractivity contribution in [2.75, 3.05) is 36.4 Å². The highest BCUT2D eigenvalue weighted by Crippen LogP contribution is 2.39. The lowest BCUT2D eigenvalue weighted by molar-refractivity contribution is -0.184. The van der Waals surface area contributed by atoms with E-state index < -0.39 is 12.1 Å². The number of nitrogens with one attached hydrogen (secondary N) is 1. The zero-order chi connectivity index (χ0) is 21.7. The van der Waals surface area contributed by atoms with E-state index in [2.05, 4.69) is 20.1 Å². The van der Waals surface area contributed by atoms with Gasteiger partial charge in [-0.1, -0.05) is 19.3 Å². The number of aromatic nitrogens is 2. The van der Waals surface area contributed by atoms with Crippen molar-refractivity contribution in [3.05, 3.63) is 12.3 Å². The number of hydrogen-bond donors (Lipinski definition) is 1. The highest BCUT2D eigenvalue weighted by molar-refractivity contribution is 5.43. The summed E-state index contributed by atoms with van der Waals surface area (Å²) < 4.78 is 39.1. The summed E-state index contributed by atoms with van der Waals surface area (Å²) in [7, 11) is 0. The van der Waals surface area contributed by atoms with Crippen molar-refractivity contribution in [1.29, 1.82) is 0 Å². The van der Waals surface area contributed by atoms with Gasteiger partial charge in [-0.25, -0.2) is 4.98 Å². The van der Waals surface area contributed by atoms with Crippen LogP contribution in [0, 0.1) is 5.92 Å². The average Bonchev–Trinajstić information content (AvgIpc) is 3.17. The van der Waals surface area contributed by atoms with E-state index in [1.165, 1.54) is 25.7 Å². The molecule has 0 spiro atoms. The van der Waals surface area contributed by atoms with Crippen LogP contribution in [0.1, 0.15) is 70.6 Å². The van der Waals surface area contributed by atoms with Crippen molar-refractivity contribution in [1.82, 2.24) is 14.9 Å². The Labute approximate surface area is 183 Å². The number of alkyl halides is 3. The summed E-state index contributed by atoms with van der Waals surface area (Å²) in [6.45, 7) is 3.94. The molecule has 1 aromatic rings. The van der Waals surface area contributed by atoms with E-state index in [-0.39, 0.29) is 24.9 Å². The van der Waals surface area contributed by atoms with E-state index >= 15 is 0 Å². The smallest absolute Gasteiger partial charge is 0.356 e. The molecule has 2 aliphatic heterocycles. The quantitative estimate of drug-likeness (QED) is 0.695. The highest BCUT2D eigenvalue weighted by Gasteiger charge is 2.42. The highest BCUT2D eigenvalue weighted by atomic mass is 19.4. The van der Waals surface area contributed by atoms with Gasteiger partial charge in [-0.05, 0) is 64.0 Å². The molecule has 0 aromatic carbocycles. The summed E-state index contributed by atoms with van der Waals surface area (Å²) in [5.74, 6) is 0.560. The molecule has 8 heteroatoms. The molecule has 3 aliphatic rings. The number of anilines is 2. The fourth-order valence-corrected chi connectivity index (χ4v) is 5.47. The van der Waals surface area contributed by atoms with E-state index in [0.29, 0.717) is 18.8 Å². The molecule has 1 N–H and O–H groups in total. The van der Waals surface area contributed by atoms with E-state index in [0.717, 1.165) is 51.3 Å². The lowest BCUT2D eigenvalue weighted by atomic mass is 9.85. The second-order valence-electron chi connectivity index (χ2n) is 9.52. The summed E-state index contributed by atoms with van der Waals surface area (Å²) in [5.41, 5.74) is 0. The molecule has 1 unspecified atom stereocenters. The molecule has 3 heterocycles. The minimum Gasteiger partial charge on any atom is -0.356 e. The zero-order valence-corrected chi connectivity index (χ0v) is 18.4. The summed E-state index contributed by atoms with van der Waals surface area (Å²) in [4.78, 5) is 14.0. The third-order valence-corrected chi connectivity index (χ3v) is 7.28. The van der Waals surface area contributed by atoms with E-state index in [1.807, 2.05) is 12.3 Å². The standard InChI is InChI=1S/C23H36F3N5/c24-23(25,26)18-8-10-20(11-9-18)31-16-6-3-7-19(17-31)28-22-27-13-12-21(29-22)30-14-4-1-2-5-15-30/h12-13,18-20H,1-11,14-17H2,(H,27,28,29). The first-order valence-corrected chi connectivity index (χ1v) is 12.1. The van der Waals surface area contributed by atoms with Gasteiger partial charge < -0.3 is 10.2 Å². The molecule has 0 radical (unpaired) electrons. The van der Waals surface area contributed by atoms with E-state index in [9.17, 15) is 13.2 Å². The molecule has 2 saturated heterocycles. The summed E-state index contributed by atoms with van der Waals surface area (Å²) in [5, 5.41) is 3.55. The average molecular weight is 440 g/mol. The number of rotatable bonds is 4. The first-order chi connectivity index (χ1) is 15.0. The maximum absolute atomic E-state index is 13.0. The van der Waals surface area contributed by atoms with Crippen LogP contribution in [0.15, 0.2) is 12.3 Å². The summed E-state index contributed by atoms with van der Waals surface area (Å²) in [6, 6.07) is 2.50. The van der Waals surface area contributed by atoms with Gasteiger partial charge in [0.2, 0.25) is 5.95 Å². The molecule has 1 aromatic heterocycles. The van der Waals surface area contributed by atoms with Gasteiger partial charge in [0.25, 0.3) is 0 Å². The maximum Gasteiger partial charge on any atom is 0.391 e. The van der Waals surface area contributed by atoms with Gasteiger partial charge in [-0.3, -0.25) is 4.90 Å². The Bertz CT molecular complexity index is 682. The maximum atomic E-state index is 13.0. The molecule has 0 amide bonds. The number of halogens is 3. The van der Waals surface area contributed by atoms with E-state index in [1.54, 1.807) is 0 Å². The molecule has 4 rings (SSSR count). The Balaban J connectivity index is 1.35. The van der Waals surface area contributed by atoms with Gasteiger partial charge in [-0.15, -0.1) is 0 Å². The Morgan fingerprint density at radius 2 is 1.58 bits per heavy atom. The van der Waals surface area contributed by atoms with Crippen LogP contribution in [0.4, 0.5) is 24.9 Å². The first-order valence-electron chi connectivity index (χ1n) is 12.1. The Hall–Kier alpha value is -1.57. The molecular formula is C23H36F3N5. The van der Waals surface area contributed by atoms with Crippen molar-refractivity contribution in [3.8, 4) is 0 Å². The second-order valence-corrected chi connectivity index (χ2v) is 9.52. The van der Waals surface area contributed by atoms with Crippen molar-refractivity contribution in [3.63, 3.8) is 0 Å². The van der Waals surface area contributed by atoms with Gasteiger partial charge in [0.05, 0.1) is 5.92 Å². The van der Waals surface area contributed by atoms with Crippen LogP contribution in [0.5, 0.6) is 0 Å². The number of likely N-dealkylation sites (tertiary alicyclic amines) is 1. The molecule has 1 atom stereocenters. The summed E-state index contributed by atoms with van der Waals surface area (Å²) in [6.07, 6.45) is 7.90. The largest absolute Gasteiger partial charge is 0.391 e. The molecular weight excluding hydrogens is 403 g/mol. The van der Waals surface area contributed by atoms with Gasteiger partial charge in [0.1, 0.15) is 5.82 Å². The lowest BCUT2D eigenvalue weighted by Crippen LogP contribution is -2.44. The van der Waals surface area contributed by atoms with Crippen molar-refractivity contribution in [2.24, 2.45) is 5.92 Å². The van der Waals surface area contributed by atoms with Gasteiger partial charge in [-0.2, -0.15) is 18.2 Å². The van der Waals surface area contributed by atoms with Crippen LogP contribution in [0.2, 0.25) is 0 Å². The predicted molar refractivity (Wildman–Crippen MR) is 117 cm³/mol. The summed E-state index contributed by atoms with van der Waals surface area (Å²) >= 11 is 0. The second kappa shape index (κ2) is 10.4. The third kappa shape index (κ3) is 6.24. The van der Waals surface area contributed by atoms with Gasteiger partial charge in [0, 0.05) is 37.9 Å². The Morgan fingerprint density at radius 1 is 0.871 bits per heavy atom. The normalized spacial score (nSPS) is 29.3. The molecule has 3 fully saturated rings. The van der Waals surface area contributed by atoms with Crippen molar-refractivity contribution < 1.29 is 13.2 Å². The fraction of sp³-hybridized carbons (Fsp3) is 0.826. The number of hydrogen-bond acceptors (Lipinski definition) is 5. The first kappa shape index (κ1) is 22.6. The topological polar surface area (TPSA) is 44.3 Å². The third-order valence-electron chi connectivity index (χ3n) is 7.28. The Morgan fingerprint density at radius 3 is 2.29 bits per heavy atom. The molecule has 1 aliphatic carbocycles. The molecule has 0 bridgehead atoms. The van der Waals surface area contributed by atoms with Crippen LogP contribution in [0.25, 0.3) is 0 Å². The number of nitrogens with zero attached hydrogens (tertiary/aromatic N) is 4. The van der Waals surface area contributed by atoms with Crippen LogP contribution in [-0.2, 0) is 0 Å². The molecule has 174 valence electrons. The molecule has 1 saturated carbocycles. The molecule has 31 heavy (non-hydrogen) atoms. The van der Waals surface area contributed by atoms with Crippen molar-refractivity contribution in [2.45, 2.75) is 88.9 Å². The monoisotopic (exact) mass is 439 g/mol. The molecule has 5 nitrogen and oxygen atoms in total. The van der Waals surface area contributed by atoms with Gasteiger partial charge >= 0.3 is 6.18 Å². The van der Waals surface area contributed by atoms with Crippen LogP contribution >= 0.6 is 0 Å². The minimum atomic E-state index is -4.04. The lowest BCUT2D eigenvalue weighted by Gasteiger charge is -2.38. The van der Waals surface area contributed by atoms with Gasteiger partial charge in [0.15, 0.2) is 0 Å². The zero-order valence-electron chi connectivity index (χ0n) is 18.4. The van der Waals surface area contributed by atoms with Crippen LogP contribution in [0.3, 0.4) is 0 Å². The van der Waals surface area contributed by atoms with Crippen LogP contribution < -0.4 is 10.2 Å². The van der Waals surface area contributed by atoms with E-state index in [4.69, 9.17) is 4.98 Å². The fourth-order valence-electron chi connectivity index (χ4n) is 5.47. The predicted octanol–water partition coefficient (Wildman–Crippen LogP) is 5.24.